The maximum absolute atomic E-state index is 11.2. The van der Waals surface area contributed by atoms with Crippen LogP contribution in [-0.2, 0) is 9.53 Å². The van der Waals surface area contributed by atoms with E-state index in [2.05, 4.69) is 18.2 Å². The number of rotatable bonds is 9. The number of esters is 1. The van der Waals surface area contributed by atoms with Gasteiger partial charge in [0, 0.05) is 0 Å². The SMILES string of the molecule is C=CC(CCCCCCCC)C(=O)OC. The molecule has 0 amide bonds. The van der Waals surface area contributed by atoms with Crippen molar-refractivity contribution in [2.45, 2.75) is 51.9 Å². The lowest BCUT2D eigenvalue weighted by Gasteiger charge is -2.09. The third kappa shape index (κ3) is 7.18. The average molecular weight is 212 g/mol. The summed E-state index contributed by atoms with van der Waals surface area (Å²) in [4.78, 5) is 11.2. The molecule has 1 atom stereocenters. The van der Waals surface area contributed by atoms with Gasteiger partial charge in [0.25, 0.3) is 0 Å². The van der Waals surface area contributed by atoms with E-state index in [9.17, 15) is 4.79 Å². The van der Waals surface area contributed by atoms with E-state index < -0.39 is 0 Å². The molecular weight excluding hydrogens is 188 g/mol. The van der Waals surface area contributed by atoms with Gasteiger partial charge in [0.05, 0.1) is 13.0 Å². The van der Waals surface area contributed by atoms with Crippen molar-refractivity contribution >= 4 is 5.97 Å². The summed E-state index contributed by atoms with van der Waals surface area (Å²) in [6, 6.07) is 0. The maximum Gasteiger partial charge on any atom is 0.312 e. The molecule has 1 unspecified atom stereocenters. The molecule has 0 aliphatic rings. The fraction of sp³-hybridized carbons (Fsp3) is 0.769. The molecule has 0 aromatic rings. The van der Waals surface area contributed by atoms with E-state index >= 15 is 0 Å². The van der Waals surface area contributed by atoms with Crippen LogP contribution in [0.3, 0.4) is 0 Å². The van der Waals surface area contributed by atoms with Gasteiger partial charge >= 0.3 is 5.97 Å². The molecule has 0 aromatic heterocycles. The lowest BCUT2D eigenvalue weighted by Crippen LogP contribution is -2.13. The molecule has 0 heterocycles. The van der Waals surface area contributed by atoms with Gasteiger partial charge in [-0.2, -0.15) is 0 Å². The number of ether oxygens (including phenoxy) is 1. The van der Waals surface area contributed by atoms with Gasteiger partial charge in [-0.15, -0.1) is 6.58 Å². The molecule has 0 radical (unpaired) electrons. The van der Waals surface area contributed by atoms with E-state index in [1.54, 1.807) is 6.08 Å². The van der Waals surface area contributed by atoms with Crippen molar-refractivity contribution in [1.82, 2.24) is 0 Å². The van der Waals surface area contributed by atoms with Crippen LogP contribution in [0, 0.1) is 5.92 Å². The maximum atomic E-state index is 11.2. The molecule has 2 nitrogen and oxygen atoms in total. The fourth-order valence-corrected chi connectivity index (χ4v) is 1.63. The largest absolute Gasteiger partial charge is 0.469 e. The molecule has 0 saturated carbocycles. The van der Waals surface area contributed by atoms with E-state index in [1.807, 2.05) is 0 Å². The van der Waals surface area contributed by atoms with Crippen LogP contribution in [0.4, 0.5) is 0 Å². The Balaban J connectivity index is 3.47. The highest BCUT2D eigenvalue weighted by atomic mass is 16.5. The molecule has 0 saturated heterocycles. The Morgan fingerprint density at radius 1 is 1.27 bits per heavy atom. The number of unbranched alkanes of at least 4 members (excludes halogenated alkanes) is 5. The van der Waals surface area contributed by atoms with E-state index in [-0.39, 0.29) is 11.9 Å². The highest BCUT2D eigenvalue weighted by molar-refractivity contribution is 5.74. The van der Waals surface area contributed by atoms with Crippen LogP contribution in [-0.4, -0.2) is 13.1 Å². The quantitative estimate of drug-likeness (QED) is 0.331. The second-order valence-electron chi connectivity index (χ2n) is 3.92. The molecule has 0 aliphatic heterocycles. The lowest BCUT2D eigenvalue weighted by atomic mass is 10.0. The second kappa shape index (κ2) is 9.75. The van der Waals surface area contributed by atoms with Gasteiger partial charge in [0.15, 0.2) is 0 Å². The lowest BCUT2D eigenvalue weighted by molar-refractivity contribution is -0.143. The molecule has 0 rings (SSSR count). The first-order valence-electron chi connectivity index (χ1n) is 5.96. The van der Waals surface area contributed by atoms with Crippen LogP contribution in [0.5, 0.6) is 0 Å². The third-order valence-electron chi connectivity index (χ3n) is 2.66. The van der Waals surface area contributed by atoms with E-state index in [0.717, 1.165) is 12.8 Å². The van der Waals surface area contributed by atoms with Crippen molar-refractivity contribution in [2.24, 2.45) is 5.92 Å². The van der Waals surface area contributed by atoms with E-state index in [1.165, 1.54) is 39.2 Å². The fourth-order valence-electron chi connectivity index (χ4n) is 1.63. The van der Waals surface area contributed by atoms with Gasteiger partial charge in [0.1, 0.15) is 0 Å². The van der Waals surface area contributed by atoms with Crippen LogP contribution >= 0.6 is 0 Å². The van der Waals surface area contributed by atoms with Crippen molar-refractivity contribution in [3.63, 3.8) is 0 Å². The predicted octanol–water partition coefficient (Wildman–Crippen LogP) is 3.71. The van der Waals surface area contributed by atoms with Gasteiger partial charge in [-0.3, -0.25) is 4.79 Å². The Bertz CT molecular complexity index is 175. The highest BCUT2D eigenvalue weighted by Crippen LogP contribution is 2.14. The van der Waals surface area contributed by atoms with Crippen LogP contribution in [0.2, 0.25) is 0 Å². The molecule has 88 valence electrons. The summed E-state index contributed by atoms with van der Waals surface area (Å²) >= 11 is 0. The Labute approximate surface area is 93.7 Å². The zero-order valence-electron chi connectivity index (χ0n) is 10.1. The van der Waals surface area contributed by atoms with Crippen molar-refractivity contribution in [2.75, 3.05) is 7.11 Å². The summed E-state index contributed by atoms with van der Waals surface area (Å²) in [5, 5.41) is 0. The first-order chi connectivity index (χ1) is 7.26. The molecule has 0 fully saturated rings. The summed E-state index contributed by atoms with van der Waals surface area (Å²) in [5.74, 6) is -0.264. The smallest absolute Gasteiger partial charge is 0.312 e. The van der Waals surface area contributed by atoms with E-state index in [0.29, 0.717) is 0 Å². The number of methoxy groups -OCH3 is 1. The summed E-state index contributed by atoms with van der Waals surface area (Å²) in [6.45, 7) is 5.87. The van der Waals surface area contributed by atoms with Gasteiger partial charge in [-0.05, 0) is 6.42 Å². The van der Waals surface area contributed by atoms with Crippen LogP contribution in [0.1, 0.15) is 51.9 Å². The Morgan fingerprint density at radius 2 is 1.87 bits per heavy atom. The summed E-state index contributed by atoms with van der Waals surface area (Å²) in [5.41, 5.74) is 0. The molecule has 0 bridgehead atoms. The number of hydrogen-bond donors (Lipinski definition) is 0. The first kappa shape index (κ1) is 14.2. The number of hydrogen-bond acceptors (Lipinski definition) is 2. The molecule has 15 heavy (non-hydrogen) atoms. The van der Waals surface area contributed by atoms with Crippen LogP contribution < -0.4 is 0 Å². The Hall–Kier alpha value is -0.790. The average Bonchev–Trinajstić information content (AvgIpc) is 2.27. The number of carbonyl (C=O) groups excluding carboxylic acids is 1. The molecule has 2 heteroatoms. The molecule has 0 aliphatic carbocycles. The summed E-state index contributed by atoms with van der Waals surface area (Å²) in [6.07, 6.45) is 10.1. The Kier molecular flexibility index (Phi) is 9.24. The van der Waals surface area contributed by atoms with Gasteiger partial charge < -0.3 is 4.74 Å². The normalized spacial score (nSPS) is 12.1. The van der Waals surface area contributed by atoms with Gasteiger partial charge in [-0.1, -0.05) is 51.5 Å². The zero-order chi connectivity index (χ0) is 11.5. The molecule has 0 N–H and O–H groups in total. The minimum Gasteiger partial charge on any atom is -0.469 e. The summed E-state index contributed by atoms with van der Waals surface area (Å²) < 4.78 is 4.69. The van der Waals surface area contributed by atoms with Crippen molar-refractivity contribution in [3.05, 3.63) is 12.7 Å². The Morgan fingerprint density at radius 3 is 2.40 bits per heavy atom. The van der Waals surface area contributed by atoms with Crippen molar-refractivity contribution in [1.29, 1.82) is 0 Å². The second-order valence-corrected chi connectivity index (χ2v) is 3.92. The molecule has 0 spiro atoms. The first-order valence-corrected chi connectivity index (χ1v) is 5.96. The van der Waals surface area contributed by atoms with Crippen LogP contribution in [0.15, 0.2) is 12.7 Å². The predicted molar refractivity (Wildman–Crippen MR) is 63.7 cm³/mol. The number of carbonyl (C=O) groups is 1. The topological polar surface area (TPSA) is 26.3 Å². The molecule has 0 aromatic carbocycles. The highest BCUT2D eigenvalue weighted by Gasteiger charge is 2.13. The van der Waals surface area contributed by atoms with Crippen molar-refractivity contribution in [3.8, 4) is 0 Å². The van der Waals surface area contributed by atoms with Crippen molar-refractivity contribution < 1.29 is 9.53 Å². The zero-order valence-corrected chi connectivity index (χ0v) is 10.1. The van der Waals surface area contributed by atoms with Gasteiger partial charge in [0.2, 0.25) is 0 Å². The standard InChI is InChI=1S/C13H24O2/c1-4-6-7-8-9-10-11-12(5-2)13(14)15-3/h5,12H,2,4,6-11H2,1,3H3. The monoisotopic (exact) mass is 212 g/mol. The summed E-state index contributed by atoms with van der Waals surface area (Å²) in [7, 11) is 1.43. The third-order valence-corrected chi connectivity index (χ3v) is 2.66. The van der Waals surface area contributed by atoms with Gasteiger partial charge in [-0.25, -0.2) is 0 Å². The minimum atomic E-state index is -0.154. The van der Waals surface area contributed by atoms with E-state index in [4.69, 9.17) is 0 Å². The minimum absolute atomic E-state index is 0.110. The molecular formula is C13H24O2. The van der Waals surface area contributed by atoms with Crippen LogP contribution in [0.25, 0.3) is 0 Å².